The molecule has 6 unspecified atom stereocenters. The van der Waals surface area contributed by atoms with Crippen LogP contribution in [0.1, 0.15) is 42.8 Å². The molecule has 2 fully saturated rings. The van der Waals surface area contributed by atoms with Crippen molar-refractivity contribution >= 4 is 23.5 Å². The van der Waals surface area contributed by atoms with Gasteiger partial charge in [-0.3, -0.25) is 14.3 Å². The maximum absolute atomic E-state index is 14.4. The van der Waals surface area contributed by atoms with E-state index in [0.29, 0.717) is 0 Å². The van der Waals surface area contributed by atoms with E-state index in [2.05, 4.69) is 5.10 Å². The van der Waals surface area contributed by atoms with Crippen LogP contribution in [0.15, 0.2) is 18.2 Å². The molecule has 194 valence electrons. The van der Waals surface area contributed by atoms with Crippen molar-refractivity contribution in [2.75, 3.05) is 6.54 Å². The van der Waals surface area contributed by atoms with E-state index >= 15 is 0 Å². The van der Waals surface area contributed by atoms with Gasteiger partial charge in [-0.15, -0.1) is 0 Å². The molecule has 2 aromatic rings. The van der Waals surface area contributed by atoms with E-state index in [-0.39, 0.29) is 89.8 Å². The zero-order chi connectivity index (χ0) is 26.1. The molecular weight excluding hydrogens is 502 g/mol. The average molecular weight is 528 g/mol. The third kappa shape index (κ3) is 4.17. The van der Waals surface area contributed by atoms with Crippen molar-refractivity contribution in [1.82, 2.24) is 14.7 Å². The second kappa shape index (κ2) is 8.75. The molecule has 5 rings (SSSR count). The number of benzene rings is 1. The number of carboxylic acids is 1. The molecule has 1 aliphatic heterocycles. The van der Waals surface area contributed by atoms with E-state index in [1.807, 2.05) is 13.8 Å². The van der Waals surface area contributed by atoms with Gasteiger partial charge in [-0.1, -0.05) is 31.5 Å². The number of rotatable bonds is 5. The van der Waals surface area contributed by atoms with Gasteiger partial charge in [-0.25, -0.2) is 4.39 Å². The Balaban J connectivity index is 1.38. The van der Waals surface area contributed by atoms with Crippen LogP contribution in [0, 0.1) is 41.3 Å². The number of hydrogen-bond donors (Lipinski definition) is 1. The molecule has 2 saturated carbocycles. The van der Waals surface area contributed by atoms with Gasteiger partial charge in [0, 0.05) is 29.1 Å². The van der Waals surface area contributed by atoms with E-state index in [1.54, 1.807) is 0 Å². The lowest BCUT2D eigenvalue weighted by molar-refractivity contribution is -0.145. The van der Waals surface area contributed by atoms with Crippen LogP contribution in [0.25, 0.3) is 0 Å². The van der Waals surface area contributed by atoms with Gasteiger partial charge in [0.15, 0.2) is 5.69 Å². The minimum absolute atomic E-state index is 0.0144. The molecule has 0 saturated heterocycles. The van der Waals surface area contributed by atoms with E-state index in [4.69, 9.17) is 11.6 Å². The molecule has 0 bridgehead atoms. The van der Waals surface area contributed by atoms with Gasteiger partial charge in [-0.2, -0.15) is 18.3 Å². The number of nitrogens with zero attached hydrogens (tertiary/aromatic N) is 3. The Morgan fingerprint density at radius 3 is 2.53 bits per heavy atom. The Bertz CT molecular complexity index is 1230. The largest absolute Gasteiger partial charge is 0.481 e. The Kier molecular flexibility index (Phi) is 6.08. The first-order valence-corrected chi connectivity index (χ1v) is 12.4. The Hall–Kier alpha value is -2.62. The predicted molar refractivity (Wildman–Crippen MR) is 121 cm³/mol. The first-order valence-electron chi connectivity index (χ1n) is 12.0. The van der Waals surface area contributed by atoms with Gasteiger partial charge in [0.1, 0.15) is 5.82 Å². The van der Waals surface area contributed by atoms with Crippen LogP contribution in [0.2, 0.25) is 5.02 Å². The molecule has 6 atom stereocenters. The number of alkyl halides is 3. The molecule has 1 amide bonds. The number of carboxylic acid groups (broad SMARTS) is 1. The molecule has 1 N–H and O–H groups in total. The molecule has 36 heavy (non-hydrogen) atoms. The second-order valence-electron chi connectivity index (χ2n) is 10.3. The number of carbonyl (C=O) groups excluding carboxylic acids is 1. The van der Waals surface area contributed by atoms with E-state index < -0.39 is 29.6 Å². The van der Waals surface area contributed by atoms with E-state index in [9.17, 15) is 32.3 Å². The quantitative estimate of drug-likeness (QED) is 0.563. The van der Waals surface area contributed by atoms with Crippen LogP contribution in [0.4, 0.5) is 17.6 Å². The van der Waals surface area contributed by atoms with Gasteiger partial charge in [-0.05, 0) is 48.1 Å². The van der Waals surface area contributed by atoms with Gasteiger partial charge < -0.3 is 10.0 Å². The third-order valence-corrected chi connectivity index (χ3v) is 8.69. The van der Waals surface area contributed by atoms with Crippen molar-refractivity contribution in [2.24, 2.45) is 35.5 Å². The van der Waals surface area contributed by atoms with Crippen molar-refractivity contribution in [3.63, 3.8) is 0 Å². The van der Waals surface area contributed by atoms with Crippen molar-refractivity contribution in [3.05, 3.63) is 51.6 Å². The molecule has 1 aromatic carbocycles. The first kappa shape index (κ1) is 25.0. The van der Waals surface area contributed by atoms with E-state index in [0.717, 1.165) is 10.7 Å². The minimum Gasteiger partial charge on any atom is -0.481 e. The third-order valence-electron chi connectivity index (χ3n) is 8.46. The number of fused-ring (bicyclic) bond motifs is 2. The molecule has 3 aliphatic rings. The molecule has 2 heterocycles. The van der Waals surface area contributed by atoms with Crippen molar-refractivity contribution < 1.29 is 32.3 Å². The standard InChI is InChI=1S/C25H26ClF4N3O3/c1-11-16(20-12(2)21(20)22(11)24(35)36)8-19(34)32-6-5-15-18(10-32)33(31-23(15)25(28,29)30)9-13-3-4-14(26)7-17(13)27/h3-4,7,11-12,16,20-22H,5-6,8-10H2,1-2H3,(H,35,36). The van der Waals surface area contributed by atoms with E-state index in [1.165, 1.54) is 17.0 Å². The van der Waals surface area contributed by atoms with Crippen LogP contribution in [-0.4, -0.2) is 38.2 Å². The summed E-state index contributed by atoms with van der Waals surface area (Å²) in [6, 6.07) is 3.95. The topological polar surface area (TPSA) is 75.4 Å². The lowest BCUT2D eigenvalue weighted by Crippen LogP contribution is -2.39. The number of hydrogen-bond acceptors (Lipinski definition) is 3. The van der Waals surface area contributed by atoms with Crippen LogP contribution < -0.4 is 0 Å². The molecule has 0 spiro atoms. The highest BCUT2D eigenvalue weighted by Gasteiger charge is 2.65. The number of amides is 1. The second-order valence-corrected chi connectivity index (χ2v) is 10.8. The summed E-state index contributed by atoms with van der Waals surface area (Å²) in [6.07, 6.45) is -4.53. The summed E-state index contributed by atoms with van der Waals surface area (Å²) in [5.41, 5.74) is -0.619. The predicted octanol–water partition coefficient (Wildman–Crippen LogP) is 4.87. The van der Waals surface area contributed by atoms with Crippen molar-refractivity contribution in [1.29, 1.82) is 0 Å². The van der Waals surface area contributed by atoms with Crippen LogP contribution in [-0.2, 0) is 35.3 Å². The normalized spacial score (nSPS) is 29.1. The van der Waals surface area contributed by atoms with Gasteiger partial charge in [0.25, 0.3) is 0 Å². The number of aromatic nitrogens is 2. The molecular formula is C25H26ClF4N3O3. The molecule has 2 aliphatic carbocycles. The van der Waals surface area contributed by atoms with Crippen molar-refractivity contribution in [3.8, 4) is 0 Å². The number of aliphatic carboxylic acids is 1. The SMILES string of the molecule is CC1C(CC(=O)N2CCc3c(C(F)(F)F)nn(Cc4ccc(Cl)cc4F)c3C2)C2C(C)C2C1C(=O)O. The maximum Gasteiger partial charge on any atom is 0.435 e. The highest BCUT2D eigenvalue weighted by Crippen LogP contribution is 2.66. The summed E-state index contributed by atoms with van der Waals surface area (Å²) in [7, 11) is 0. The van der Waals surface area contributed by atoms with Gasteiger partial charge >= 0.3 is 12.1 Å². The lowest BCUT2D eigenvalue weighted by Gasteiger charge is -2.31. The number of carbonyl (C=O) groups is 2. The molecule has 6 nitrogen and oxygen atoms in total. The zero-order valence-corrected chi connectivity index (χ0v) is 20.5. The fourth-order valence-corrected chi connectivity index (χ4v) is 6.80. The fourth-order valence-electron chi connectivity index (χ4n) is 6.64. The molecule has 0 radical (unpaired) electrons. The monoisotopic (exact) mass is 527 g/mol. The highest BCUT2D eigenvalue weighted by molar-refractivity contribution is 6.30. The summed E-state index contributed by atoms with van der Waals surface area (Å²) in [4.78, 5) is 26.5. The highest BCUT2D eigenvalue weighted by atomic mass is 35.5. The summed E-state index contributed by atoms with van der Waals surface area (Å²) < 4.78 is 56.7. The zero-order valence-electron chi connectivity index (χ0n) is 19.7. The van der Waals surface area contributed by atoms with Crippen LogP contribution in [0.5, 0.6) is 0 Å². The number of halogens is 5. The van der Waals surface area contributed by atoms with Crippen LogP contribution in [0.3, 0.4) is 0 Å². The summed E-state index contributed by atoms with van der Waals surface area (Å²) in [5.74, 6) is -1.88. The Morgan fingerprint density at radius 2 is 1.92 bits per heavy atom. The summed E-state index contributed by atoms with van der Waals surface area (Å²) >= 11 is 5.79. The first-order chi connectivity index (χ1) is 16.9. The average Bonchev–Trinajstić information content (AvgIpc) is 3.14. The summed E-state index contributed by atoms with van der Waals surface area (Å²) in [5, 5.41) is 13.6. The van der Waals surface area contributed by atoms with Gasteiger partial charge in [0.2, 0.25) is 5.91 Å². The smallest absolute Gasteiger partial charge is 0.435 e. The van der Waals surface area contributed by atoms with Gasteiger partial charge in [0.05, 0.1) is 24.7 Å². The fraction of sp³-hybridized carbons (Fsp3) is 0.560. The van der Waals surface area contributed by atoms with Crippen molar-refractivity contribution in [2.45, 2.75) is 46.0 Å². The minimum atomic E-state index is -4.68. The Labute approximate surface area is 210 Å². The lowest BCUT2D eigenvalue weighted by atomic mass is 9.81. The summed E-state index contributed by atoms with van der Waals surface area (Å²) in [6.45, 7) is 3.69. The maximum atomic E-state index is 14.4. The Morgan fingerprint density at radius 1 is 1.19 bits per heavy atom. The van der Waals surface area contributed by atoms with Crippen LogP contribution >= 0.6 is 11.6 Å². The molecule has 1 aromatic heterocycles. The molecule has 11 heteroatoms.